The summed E-state index contributed by atoms with van der Waals surface area (Å²) in [6.45, 7) is 0. The molecule has 0 fully saturated rings. The van der Waals surface area contributed by atoms with Crippen molar-refractivity contribution in [2.45, 2.75) is 6.42 Å². The van der Waals surface area contributed by atoms with E-state index in [0.717, 1.165) is 0 Å². The number of methoxy groups -OCH3 is 2. The van der Waals surface area contributed by atoms with Crippen LogP contribution in [0.1, 0.15) is 15.9 Å². The zero-order chi connectivity index (χ0) is 11.9. The van der Waals surface area contributed by atoms with Gasteiger partial charge in [0.25, 0.3) is 0 Å². The number of hydrogen-bond donors (Lipinski definition) is 0. The summed E-state index contributed by atoms with van der Waals surface area (Å²) < 4.78 is 10.1. The Hall–Kier alpha value is -1.55. The Bertz CT molecular complexity index is 493. The number of fused-ring (bicyclic) bond motifs is 1. The highest BCUT2D eigenvalue weighted by Gasteiger charge is 2.33. The topological polar surface area (TPSA) is 52.6 Å². The van der Waals surface area contributed by atoms with Crippen molar-refractivity contribution in [2.75, 3.05) is 14.2 Å². The van der Waals surface area contributed by atoms with Crippen molar-refractivity contribution < 1.29 is 19.1 Å². The first-order chi connectivity index (χ1) is 7.60. The van der Waals surface area contributed by atoms with Crippen molar-refractivity contribution in [3.8, 4) is 11.5 Å². The van der Waals surface area contributed by atoms with Crippen LogP contribution >= 0.6 is 11.6 Å². The van der Waals surface area contributed by atoms with Crippen LogP contribution in [-0.4, -0.2) is 25.8 Å². The van der Waals surface area contributed by atoms with Gasteiger partial charge in [-0.15, -0.1) is 0 Å². The Morgan fingerprint density at radius 1 is 1.25 bits per heavy atom. The first-order valence-corrected chi connectivity index (χ1v) is 4.98. The Kier molecular flexibility index (Phi) is 2.59. The fraction of sp³-hybridized carbons (Fsp3) is 0.273. The van der Waals surface area contributed by atoms with Crippen LogP contribution in [0.25, 0.3) is 0 Å². The maximum absolute atomic E-state index is 11.5. The van der Waals surface area contributed by atoms with Crippen LogP contribution in [0, 0.1) is 0 Å². The minimum absolute atomic E-state index is 0.0351. The van der Waals surface area contributed by atoms with E-state index in [9.17, 15) is 9.59 Å². The number of Topliss-reactive ketones (excluding diaryl/α,β-unsaturated/α-hetero) is 2. The molecule has 1 aliphatic rings. The van der Waals surface area contributed by atoms with Gasteiger partial charge < -0.3 is 9.47 Å². The van der Waals surface area contributed by atoms with Crippen LogP contribution in [0.5, 0.6) is 11.5 Å². The lowest BCUT2D eigenvalue weighted by Crippen LogP contribution is -2.05. The van der Waals surface area contributed by atoms with Crippen LogP contribution in [0.3, 0.4) is 0 Å². The molecule has 0 saturated heterocycles. The molecule has 0 spiro atoms. The summed E-state index contributed by atoms with van der Waals surface area (Å²) in [6.07, 6.45) is 0.0351. The second-order valence-corrected chi connectivity index (χ2v) is 3.76. The predicted molar refractivity (Wildman–Crippen MR) is 57.6 cm³/mol. The first-order valence-electron chi connectivity index (χ1n) is 4.61. The predicted octanol–water partition coefficient (Wildman–Crippen LogP) is 1.67. The van der Waals surface area contributed by atoms with Gasteiger partial charge in [0.05, 0.1) is 19.2 Å². The summed E-state index contributed by atoms with van der Waals surface area (Å²) >= 11 is 6.06. The average molecular weight is 241 g/mol. The molecule has 4 nitrogen and oxygen atoms in total. The smallest absolute Gasteiger partial charge is 0.229 e. The minimum Gasteiger partial charge on any atom is -0.493 e. The number of halogens is 1. The number of ketones is 2. The third-order valence-corrected chi connectivity index (χ3v) is 2.95. The zero-order valence-corrected chi connectivity index (χ0v) is 9.55. The van der Waals surface area contributed by atoms with Crippen molar-refractivity contribution in [3.05, 3.63) is 22.2 Å². The summed E-state index contributed by atoms with van der Waals surface area (Å²) in [5.74, 6) is -0.259. The summed E-state index contributed by atoms with van der Waals surface area (Å²) in [7, 11) is 2.90. The number of rotatable bonds is 2. The van der Waals surface area contributed by atoms with Crippen LogP contribution in [-0.2, 0) is 11.2 Å². The number of benzene rings is 1. The van der Waals surface area contributed by atoms with Gasteiger partial charge in [0.1, 0.15) is 0 Å². The Balaban J connectivity index is 2.70. The lowest BCUT2D eigenvalue weighted by atomic mass is 10.1. The molecule has 0 heterocycles. The van der Waals surface area contributed by atoms with Gasteiger partial charge in [-0.2, -0.15) is 0 Å². The molecule has 0 saturated carbocycles. The zero-order valence-electron chi connectivity index (χ0n) is 8.80. The molecule has 5 heteroatoms. The highest BCUT2D eigenvalue weighted by atomic mass is 35.5. The number of carbonyl (C=O) groups is 2. The molecule has 1 aliphatic carbocycles. The van der Waals surface area contributed by atoms with Gasteiger partial charge in [-0.05, 0) is 11.6 Å². The van der Waals surface area contributed by atoms with Gasteiger partial charge in [-0.3, -0.25) is 9.59 Å². The van der Waals surface area contributed by atoms with Crippen LogP contribution in [0.2, 0.25) is 5.02 Å². The fourth-order valence-electron chi connectivity index (χ4n) is 1.76. The Morgan fingerprint density at radius 3 is 2.50 bits per heavy atom. The lowest BCUT2D eigenvalue weighted by Gasteiger charge is -2.11. The molecule has 0 bridgehead atoms. The molecule has 0 amide bonds. The third kappa shape index (κ3) is 1.38. The Labute approximate surface area is 97.1 Å². The van der Waals surface area contributed by atoms with E-state index < -0.39 is 11.6 Å². The molecule has 0 radical (unpaired) electrons. The van der Waals surface area contributed by atoms with Gasteiger partial charge in [0, 0.05) is 12.0 Å². The van der Waals surface area contributed by atoms with E-state index >= 15 is 0 Å². The molecule has 2 rings (SSSR count). The van der Waals surface area contributed by atoms with E-state index in [-0.39, 0.29) is 11.4 Å². The van der Waals surface area contributed by atoms with Gasteiger partial charge >= 0.3 is 0 Å². The first kappa shape index (κ1) is 11.0. The van der Waals surface area contributed by atoms with Crippen LogP contribution in [0.4, 0.5) is 0 Å². The minimum atomic E-state index is -0.516. The summed E-state index contributed by atoms with van der Waals surface area (Å²) in [4.78, 5) is 22.8. The second-order valence-electron chi connectivity index (χ2n) is 3.38. The van der Waals surface area contributed by atoms with E-state index in [4.69, 9.17) is 21.1 Å². The summed E-state index contributed by atoms with van der Waals surface area (Å²) in [5, 5.41) is 0.274. The maximum atomic E-state index is 11.5. The summed E-state index contributed by atoms with van der Waals surface area (Å²) in [6, 6.07) is 1.49. The van der Waals surface area contributed by atoms with Crippen molar-refractivity contribution in [3.63, 3.8) is 0 Å². The molecule has 0 aliphatic heterocycles. The highest BCUT2D eigenvalue weighted by molar-refractivity contribution is 6.49. The van der Waals surface area contributed by atoms with Crippen LogP contribution in [0.15, 0.2) is 6.07 Å². The van der Waals surface area contributed by atoms with E-state index in [1.807, 2.05) is 0 Å². The fourth-order valence-corrected chi connectivity index (χ4v) is 2.09. The van der Waals surface area contributed by atoms with Gasteiger partial charge in [0.15, 0.2) is 11.5 Å². The largest absolute Gasteiger partial charge is 0.493 e. The lowest BCUT2D eigenvalue weighted by molar-refractivity contribution is -0.114. The molecule has 0 atom stereocenters. The molecule has 1 aromatic rings. The van der Waals surface area contributed by atoms with E-state index in [1.54, 1.807) is 0 Å². The van der Waals surface area contributed by atoms with Crippen molar-refractivity contribution in [1.29, 1.82) is 0 Å². The molecule has 0 unspecified atom stereocenters. The maximum Gasteiger partial charge on any atom is 0.229 e. The standard InChI is InChI=1S/C11H9ClO4/c1-15-8-4-6-5(3-7(13)10(6)14)9(12)11(8)16-2/h4H,3H2,1-2H3. The quantitative estimate of drug-likeness (QED) is 0.738. The summed E-state index contributed by atoms with van der Waals surface area (Å²) in [5.41, 5.74) is 0.835. The third-order valence-electron chi connectivity index (χ3n) is 2.55. The van der Waals surface area contributed by atoms with Crippen molar-refractivity contribution in [2.24, 2.45) is 0 Å². The number of carbonyl (C=O) groups excluding carboxylic acids is 2. The van der Waals surface area contributed by atoms with Crippen molar-refractivity contribution in [1.82, 2.24) is 0 Å². The van der Waals surface area contributed by atoms with E-state index in [2.05, 4.69) is 0 Å². The average Bonchev–Trinajstić information content (AvgIpc) is 2.56. The van der Waals surface area contributed by atoms with Gasteiger partial charge in [0.2, 0.25) is 11.6 Å². The monoisotopic (exact) mass is 240 g/mol. The van der Waals surface area contributed by atoms with Crippen molar-refractivity contribution >= 4 is 23.2 Å². The normalized spacial score (nSPS) is 13.9. The second kappa shape index (κ2) is 3.79. The van der Waals surface area contributed by atoms with E-state index in [0.29, 0.717) is 22.6 Å². The molecular formula is C11H9ClO4. The molecule has 16 heavy (non-hydrogen) atoms. The molecule has 84 valence electrons. The van der Waals surface area contributed by atoms with Gasteiger partial charge in [-0.1, -0.05) is 11.6 Å². The van der Waals surface area contributed by atoms with Gasteiger partial charge in [-0.25, -0.2) is 0 Å². The molecule has 1 aromatic carbocycles. The number of hydrogen-bond acceptors (Lipinski definition) is 4. The Morgan fingerprint density at radius 2 is 1.94 bits per heavy atom. The molecule has 0 N–H and O–H groups in total. The SMILES string of the molecule is COc1cc2c(c(Cl)c1OC)CC(=O)C2=O. The number of ether oxygens (including phenoxy) is 2. The van der Waals surface area contributed by atoms with E-state index in [1.165, 1.54) is 20.3 Å². The molecular weight excluding hydrogens is 232 g/mol. The molecule has 0 aromatic heterocycles. The van der Waals surface area contributed by atoms with Crippen LogP contribution < -0.4 is 9.47 Å². The highest BCUT2D eigenvalue weighted by Crippen LogP contribution is 2.41.